The highest BCUT2D eigenvalue weighted by molar-refractivity contribution is 7.20. The minimum Gasteiger partial charge on any atom is -0.231 e. The molecule has 0 saturated heterocycles. The van der Waals surface area contributed by atoms with Gasteiger partial charge in [-0.2, -0.15) is 0 Å². The van der Waals surface area contributed by atoms with E-state index in [1.165, 1.54) is 5.56 Å². The molecule has 0 unspecified atom stereocenters. The average molecular weight is 879 g/mol. The number of nitrogens with zero attached hydrogens (tertiary/aromatic N) is 1. The smallest absolute Gasteiger partial charge is 0.223 e. The molecule has 0 aliphatic heterocycles. The van der Waals surface area contributed by atoms with Gasteiger partial charge in [0.25, 0.3) is 0 Å². The van der Waals surface area contributed by atoms with Gasteiger partial charge in [0.2, 0.25) is 18.1 Å². The number of hydrogen-bond acceptors (Lipinski definition) is 1. The lowest BCUT2D eigenvalue weighted by atomic mass is 9.12. The van der Waals surface area contributed by atoms with Crippen LogP contribution in [0.15, 0.2) is 48.8 Å². The van der Waals surface area contributed by atoms with Crippen LogP contribution in [0.25, 0.3) is 0 Å². The molecule has 0 aliphatic rings. The number of aromatic nitrogens is 1. The van der Waals surface area contributed by atoms with Crippen LogP contribution in [0.5, 0.6) is 5.75 Å². The van der Waals surface area contributed by atoms with E-state index in [2.05, 4.69) is 19.1 Å². The van der Waals surface area contributed by atoms with Crippen molar-refractivity contribution in [3.63, 3.8) is 0 Å². The number of hydrogen-bond donors (Lipinski definition) is 0. The lowest BCUT2D eigenvalue weighted by Gasteiger charge is -2.44. The van der Waals surface area contributed by atoms with E-state index in [4.69, 9.17) is 4.84 Å². The molecular weight excluding hydrogens is 865 g/mol. The summed E-state index contributed by atoms with van der Waals surface area (Å²) in [6.45, 7) is 4.10. The maximum atomic E-state index is 15.4. The van der Waals surface area contributed by atoms with Gasteiger partial charge in [0.15, 0.2) is 69.8 Å². The van der Waals surface area contributed by atoms with Crippen molar-refractivity contribution >= 4 is 28.0 Å². The van der Waals surface area contributed by atoms with E-state index in [0.29, 0.717) is 0 Å². The maximum Gasteiger partial charge on any atom is 0.223 e. The second-order valence-corrected chi connectivity index (χ2v) is 12.4. The second-order valence-electron chi connectivity index (χ2n) is 12.4. The minimum atomic E-state index is -7.22. The molecule has 6 rings (SSSR count). The zero-order valence-electron chi connectivity index (χ0n) is 29.1. The molecule has 6 aromatic rings. The van der Waals surface area contributed by atoms with Crippen LogP contribution in [-0.2, 0) is 0 Å². The Hall–Kier alpha value is -6.29. The van der Waals surface area contributed by atoms with Gasteiger partial charge in [0.1, 0.15) is 52.7 Å². The molecule has 0 amide bonds. The van der Waals surface area contributed by atoms with Crippen molar-refractivity contribution < 1.29 is 97.4 Å². The normalized spacial score (nSPS) is 11.5. The zero-order valence-corrected chi connectivity index (χ0v) is 29.1. The Morgan fingerprint density at radius 3 is 0.867 bits per heavy atom. The van der Waals surface area contributed by atoms with Gasteiger partial charge >= 0.3 is 0 Å². The highest BCUT2D eigenvalue weighted by Gasteiger charge is 2.52. The fourth-order valence-electron chi connectivity index (χ4n) is 6.24. The number of aryl methyl sites for hydroxylation is 2. The van der Waals surface area contributed by atoms with Gasteiger partial charge in [0, 0.05) is 16.9 Å². The lowest BCUT2D eigenvalue weighted by molar-refractivity contribution is -0.875. The van der Waals surface area contributed by atoms with Crippen LogP contribution in [-0.4, -0.2) is 6.15 Å². The highest BCUT2D eigenvalue weighted by Crippen LogP contribution is 2.31. The van der Waals surface area contributed by atoms with Crippen molar-refractivity contribution in [3.8, 4) is 5.75 Å². The Morgan fingerprint density at radius 1 is 0.350 bits per heavy atom. The molecule has 0 fully saturated rings. The third-order valence-electron chi connectivity index (χ3n) is 8.94. The summed E-state index contributed by atoms with van der Waals surface area (Å²) in [4.78, 5) is 5.71. The first-order chi connectivity index (χ1) is 28.0. The molecule has 23 heteroatoms. The van der Waals surface area contributed by atoms with Crippen molar-refractivity contribution in [3.05, 3.63) is 176 Å². The van der Waals surface area contributed by atoms with E-state index in [1.54, 1.807) is 4.73 Å². The number of benzene rings is 5. The van der Waals surface area contributed by atoms with Crippen LogP contribution in [0.4, 0.5) is 87.8 Å². The molecule has 1 aromatic heterocycles. The third kappa shape index (κ3) is 6.91. The fraction of sp³-hybridized carbons (Fsp3) is 0.0541. The van der Waals surface area contributed by atoms with Crippen LogP contribution in [0, 0.1) is 130 Å². The molecule has 0 saturated carbocycles. The molecule has 0 aliphatic carbocycles. The molecule has 316 valence electrons. The molecule has 0 N–H and O–H groups in total. The van der Waals surface area contributed by atoms with Gasteiger partial charge in [-0.1, -0.05) is 18.2 Å². The van der Waals surface area contributed by atoms with Crippen molar-refractivity contribution in [1.29, 1.82) is 0 Å². The van der Waals surface area contributed by atoms with Crippen molar-refractivity contribution in [2.75, 3.05) is 0 Å². The molecule has 2 nitrogen and oxygen atoms in total. The predicted molar refractivity (Wildman–Crippen MR) is 168 cm³/mol. The molecule has 0 radical (unpaired) electrons. The van der Waals surface area contributed by atoms with E-state index >= 15 is 35.1 Å². The SMILES string of the molecule is Cc1ccc(C)c(O[n+]2ccccc2)c1.Fc1c(F)c(F)c([B-](c2c(F)c(F)c(F)c(F)c2F)(c2c(F)c(F)c(F)c(F)c2F)c2c(F)c(F)c(F)c(F)c2F)c(F)c1F. The van der Waals surface area contributed by atoms with Crippen LogP contribution in [0.3, 0.4) is 0 Å². The van der Waals surface area contributed by atoms with Gasteiger partial charge in [0.05, 0.1) is 0 Å². The topological polar surface area (TPSA) is 13.1 Å². The second kappa shape index (κ2) is 16.4. The Morgan fingerprint density at radius 2 is 0.600 bits per heavy atom. The third-order valence-corrected chi connectivity index (χ3v) is 8.94. The lowest BCUT2D eigenvalue weighted by Crippen LogP contribution is -2.81. The molecule has 0 bridgehead atoms. The largest absolute Gasteiger partial charge is 0.231 e. The number of rotatable bonds is 6. The number of halogens is 20. The molecule has 5 aromatic carbocycles. The minimum absolute atomic E-state index is 0.895. The predicted octanol–water partition coefficient (Wildman–Crippen LogP) is 8.28. The van der Waals surface area contributed by atoms with Gasteiger partial charge in [-0.15, -0.1) is 21.9 Å². The summed E-state index contributed by atoms with van der Waals surface area (Å²) < 4.78 is 296. The first kappa shape index (κ1) is 44.8. The summed E-state index contributed by atoms with van der Waals surface area (Å²) in [5, 5.41) is 0. The Balaban J connectivity index is 0.000000379. The van der Waals surface area contributed by atoms with Gasteiger partial charge in [-0.05, 0) is 31.0 Å². The molecule has 0 spiro atoms. The molecule has 60 heavy (non-hydrogen) atoms. The highest BCUT2D eigenvalue weighted by atomic mass is 19.2. The van der Waals surface area contributed by atoms with Gasteiger partial charge in [-0.3, -0.25) is 0 Å². The number of pyridine rings is 1. The van der Waals surface area contributed by atoms with Crippen LogP contribution in [0.2, 0.25) is 0 Å². The van der Waals surface area contributed by atoms with Gasteiger partial charge in [-0.25, -0.2) is 92.6 Å². The Bertz CT molecular complexity index is 2330. The van der Waals surface area contributed by atoms with Crippen LogP contribution < -0.4 is 31.4 Å². The summed E-state index contributed by atoms with van der Waals surface area (Å²) in [5.41, 5.74) is -12.0. The van der Waals surface area contributed by atoms with E-state index < -0.39 is 144 Å². The Labute approximate surface area is 321 Å². The molecular formula is C37H14BF20NO. The molecule has 0 atom stereocenters. The quantitative estimate of drug-likeness (QED) is 0.0541. The average Bonchev–Trinajstić information content (AvgIpc) is 3.22. The van der Waals surface area contributed by atoms with Crippen molar-refractivity contribution in [2.24, 2.45) is 0 Å². The monoisotopic (exact) mass is 879 g/mol. The van der Waals surface area contributed by atoms with E-state index in [1.807, 2.05) is 43.6 Å². The maximum absolute atomic E-state index is 15.4. The summed E-state index contributed by atoms with van der Waals surface area (Å²) >= 11 is 0. The standard InChI is InChI=1S/C24BF20.C13H14NO/c26-5-1(6(27)14(35)21(42)13(5)34)25(2-7(28)15(36)22(43)16(37)8(2)29,3-9(30)17(38)23(44)18(39)10(3)31)4-11(32)19(40)24(45)20(41)12(4)33;1-11-6-7-12(2)13(10-11)15-14-8-4-3-5-9-14/h;3-10H,1-2H3/q-1;+1. The molecule has 1 heterocycles. The van der Waals surface area contributed by atoms with Crippen molar-refractivity contribution in [2.45, 2.75) is 13.8 Å². The van der Waals surface area contributed by atoms with E-state index in [9.17, 15) is 52.7 Å². The first-order valence-corrected chi connectivity index (χ1v) is 15.9. The summed E-state index contributed by atoms with van der Waals surface area (Å²) in [6.07, 6.45) is -3.46. The Kier molecular flexibility index (Phi) is 12.2. The summed E-state index contributed by atoms with van der Waals surface area (Å²) in [7, 11) is 0. The summed E-state index contributed by atoms with van der Waals surface area (Å²) in [5.74, 6) is -70.5. The summed E-state index contributed by atoms with van der Waals surface area (Å²) in [6, 6.07) is 12.0. The van der Waals surface area contributed by atoms with Crippen molar-refractivity contribution in [1.82, 2.24) is 0 Å². The van der Waals surface area contributed by atoms with Crippen LogP contribution >= 0.6 is 0 Å². The van der Waals surface area contributed by atoms with Crippen LogP contribution in [0.1, 0.15) is 11.1 Å². The fourth-order valence-corrected chi connectivity index (χ4v) is 6.24. The first-order valence-electron chi connectivity index (χ1n) is 15.9. The zero-order chi connectivity index (χ0) is 45.0. The van der Waals surface area contributed by atoms with Gasteiger partial charge < -0.3 is 0 Å². The van der Waals surface area contributed by atoms with E-state index in [0.717, 1.165) is 11.3 Å². The van der Waals surface area contributed by atoms with E-state index in [-0.39, 0.29) is 0 Å².